The topological polar surface area (TPSA) is 50.7 Å². The Balaban J connectivity index is 2.08. The van der Waals surface area contributed by atoms with E-state index in [0.717, 1.165) is 5.92 Å². The maximum Gasteiger partial charge on any atom is 0.0897 e. The lowest BCUT2D eigenvalue weighted by Gasteiger charge is -2.33. The van der Waals surface area contributed by atoms with Gasteiger partial charge in [0.2, 0.25) is 0 Å². The van der Waals surface area contributed by atoms with Gasteiger partial charge in [0.05, 0.1) is 25.9 Å². The molecule has 0 amide bonds. The molecule has 0 aromatic rings. The van der Waals surface area contributed by atoms with Gasteiger partial charge in [0, 0.05) is 19.7 Å². The first kappa shape index (κ1) is 15.9. The average molecular weight is 259 g/mol. The van der Waals surface area contributed by atoms with Crippen LogP contribution in [0.2, 0.25) is 0 Å². The highest BCUT2D eigenvalue weighted by atomic mass is 16.5. The van der Waals surface area contributed by atoms with E-state index in [1.54, 1.807) is 7.11 Å². The van der Waals surface area contributed by atoms with Crippen molar-refractivity contribution in [3.8, 4) is 0 Å². The number of ether oxygens (including phenoxy) is 2. The summed E-state index contributed by atoms with van der Waals surface area (Å²) >= 11 is 0. The quantitative estimate of drug-likeness (QED) is 0.647. The lowest BCUT2D eigenvalue weighted by Crippen LogP contribution is -2.43. The van der Waals surface area contributed by atoms with E-state index in [1.165, 1.54) is 19.3 Å². The number of nitrogens with one attached hydrogen (secondary N) is 1. The number of aliphatic hydroxyl groups excluding tert-OH is 1. The molecule has 0 bridgehead atoms. The van der Waals surface area contributed by atoms with E-state index >= 15 is 0 Å². The summed E-state index contributed by atoms with van der Waals surface area (Å²) in [5.41, 5.74) is 0. The Hall–Kier alpha value is -0.160. The summed E-state index contributed by atoms with van der Waals surface area (Å²) < 4.78 is 10.2. The van der Waals surface area contributed by atoms with Gasteiger partial charge in [-0.25, -0.2) is 0 Å². The number of hydrogen-bond acceptors (Lipinski definition) is 4. The van der Waals surface area contributed by atoms with E-state index in [2.05, 4.69) is 19.2 Å². The van der Waals surface area contributed by atoms with E-state index in [-0.39, 0.29) is 0 Å². The zero-order valence-electron chi connectivity index (χ0n) is 12.0. The molecule has 1 aliphatic carbocycles. The molecule has 1 aliphatic rings. The molecule has 0 heterocycles. The predicted octanol–water partition coefficient (Wildman–Crippen LogP) is 1.42. The minimum absolute atomic E-state index is 0.383. The number of rotatable bonds is 8. The minimum Gasteiger partial charge on any atom is -0.389 e. The van der Waals surface area contributed by atoms with Gasteiger partial charge in [-0.3, -0.25) is 0 Å². The van der Waals surface area contributed by atoms with Crippen LogP contribution < -0.4 is 5.32 Å². The van der Waals surface area contributed by atoms with Gasteiger partial charge >= 0.3 is 0 Å². The fraction of sp³-hybridized carbons (Fsp3) is 1.00. The molecule has 4 unspecified atom stereocenters. The largest absolute Gasteiger partial charge is 0.389 e. The van der Waals surface area contributed by atoms with Gasteiger partial charge in [-0.15, -0.1) is 0 Å². The lowest BCUT2D eigenvalue weighted by molar-refractivity contribution is 0.0115. The Kier molecular flexibility index (Phi) is 7.82. The van der Waals surface area contributed by atoms with Crippen LogP contribution in [0, 0.1) is 11.8 Å². The molecule has 108 valence electrons. The first-order valence-electron chi connectivity index (χ1n) is 7.11. The smallest absolute Gasteiger partial charge is 0.0897 e. The molecule has 0 radical (unpaired) electrons. The second-order valence-corrected chi connectivity index (χ2v) is 5.63. The molecule has 4 heteroatoms. The van der Waals surface area contributed by atoms with E-state index in [0.29, 0.717) is 38.3 Å². The van der Waals surface area contributed by atoms with Crippen molar-refractivity contribution >= 4 is 0 Å². The van der Waals surface area contributed by atoms with Crippen molar-refractivity contribution in [2.45, 2.75) is 45.3 Å². The summed E-state index contributed by atoms with van der Waals surface area (Å²) in [5.74, 6) is 1.55. The van der Waals surface area contributed by atoms with Crippen molar-refractivity contribution in [2.75, 3.05) is 33.5 Å². The van der Waals surface area contributed by atoms with Crippen molar-refractivity contribution in [1.29, 1.82) is 0 Å². The van der Waals surface area contributed by atoms with Crippen molar-refractivity contribution in [1.82, 2.24) is 5.32 Å². The van der Waals surface area contributed by atoms with Gasteiger partial charge in [0.1, 0.15) is 0 Å². The van der Waals surface area contributed by atoms with Crippen LogP contribution >= 0.6 is 0 Å². The lowest BCUT2D eigenvalue weighted by atomic mass is 9.80. The van der Waals surface area contributed by atoms with E-state index < -0.39 is 6.10 Å². The summed E-state index contributed by atoms with van der Waals surface area (Å²) in [6.45, 7) is 6.76. The molecule has 0 aromatic heterocycles. The molecule has 0 spiro atoms. The number of methoxy groups -OCH3 is 1. The maximum absolute atomic E-state index is 9.79. The van der Waals surface area contributed by atoms with Crippen LogP contribution in [0.1, 0.15) is 33.1 Å². The SMILES string of the molecule is COCCOCC(O)CNC1CCC(C)CC1C. The third-order valence-electron chi connectivity index (χ3n) is 3.79. The Morgan fingerprint density at radius 3 is 2.72 bits per heavy atom. The van der Waals surface area contributed by atoms with Crippen LogP contribution in [0.5, 0.6) is 0 Å². The van der Waals surface area contributed by atoms with Crippen LogP contribution in [0.15, 0.2) is 0 Å². The third-order valence-corrected chi connectivity index (χ3v) is 3.79. The zero-order valence-corrected chi connectivity index (χ0v) is 12.0. The van der Waals surface area contributed by atoms with E-state index in [1.807, 2.05) is 0 Å². The molecule has 0 aromatic carbocycles. The summed E-state index contributed by atoms with van der Waals surface area (Å²) in [4.78, 5) is 0. The normalized spacial score (nSPS) is 30.3. The third kappa shape index (κ3) is 6.14. The molecule has 18 heavy (non-hydrogen) atoms. The van der Waals surface area contributed by atoms with Crippen molar-refractivity contribution < 1.29 is 14.6 Å². The van der Waals surface area contributed by atoms with Gasteiger partial charge in [-0.2, -0.15) is 0 Å². The molecule has 0 saturated heterocycles. The van der Waals surface area contributed by atoms with Crippen LogP contribution in [0.4, 0.5) is 0 Å². The van der Waals surface area contributed by atoms with Gasteiger partial charge in [-0.1, -0.05) is 13.8 Å². The highest BCUT2D eigenvalue weighted by molar-refractivity contribution is 4.81. The van der Waals surface area contributed by atoms with Crippen LogP contribution in [0.3, 0.4) is 0 Å². The van der Waals surface area contributed by atoms with E-state index in [4.69, 9.17) is 9.47 Å². The predicted molar refractivity (Wildman–Crippen MR) is 72.7 cm³/mol. The molecular formula is C14H29NO3. The number of aliphatic hydroxyl groups is 1. The second-order valence-electron chi connectivity index (χ2n) is 5.63. The Bertz CT molecular complexity index is 213. The Morgan fingerprint density at radius 2 is 2.06 bits per heavy atom. The van der Waals surface area contributed by atoms with E-state index in [9.17, 15) is 5.11 Å². The Labute approximate surface area is 111 Å². The molecule has 4 atom stereocenters. The van der Waals surface area contributed by atoms with Crippen molar-refractivity contribution in [3.63, 3.8) is 0 Å². The maximum atomic E-state index is 9.79. The average Bonchev–Trinajstić information content (AvgIpc) is 2.33. The Morgan fingerprint density at radius 1 is 1.28 bits per heavy atom. The molecule has 1 fully saturated rings. The number of hydrogen-bond donors (Lipinski definition) is 2. The highest BCUT2D eigenvalue weighted by Crippen LogP contribution is 2.28. The van der Waals surface area contributed by atoms with Crippen LogP contribution in [-0.2, 0) is 9.47 Å². The minimum atomic E-state index is -0.423. The van der Waals surface area contributed by atoms with Crippen molar-refractivity contribution in [3.05, 3.63) is 0 Å². The summed E-state index contributed by atoms with van der Waals surface area (Å²) in [5, 5.41) is 13.3. The fourth-order valence-corrected chi connectivity index (χ4v) is 2.68. The van der Waals surface area contributed by atoms with Crippen molar-refractivity contribution in [2.24, 2.45) is 11.8 Å². The monoisotopic (exact) mass is 259 g/mol. The van der Waals surface area contributed by atoms with Gasteiger partial charge in [-0.05, 0) is 31.1 Å². The summed E-state index contributed by atoms with van der Waals surface area (Å²) in [6, 6.07) is 0.551. The first-order valence-corrected chi connectivity index (χ1v) is 7.11. The molecular weight excluding hydrogens is 230 g/mol. The molecule has 1 saturated carbocycles. The summed E-state index contributed by atoms with van der Waals surface area (Å²) in [7, 11) is 1.65. The highest BCUT2D eigenvalue weighted by Gasteiger charge is 2.25. The second kappa shape index (κ2) is 8.86. The molecule has 4 nitrogen and oxygen atoms in total. The van der Waals surface area contributed by atoms with Crippen LogP contribution in [-0.4, -0.2) is 50.7 Å². The van der Waals surface area contributed by atoms with Gasteiger partial charge in [0.15, 0.2) is 0 Å². The van der Waals surface area contributed by atoms with Crippen LogP contribution in [0.25, 0.3) is 0 Å². The fourth-order valence-electron chi connectivity index (χ4n) is 2.68. The molecule has 2 N–H and O–H groups in total. The standard InChI is InChI=1S/C14H29NO3/c1-11-4-5-14(12(2)8-11)15-9-13(16)10-18-7-6-17-3/h11-16H,4-10H2,1-3H3. The van der Waals surface area contributed by atoms with Gasteiger partial charge in [0.25, 0.3) is 0 Å². The van der Waals surface area contributed by atoms with Gasteiger partial charge < -0.3 is 19.9 Å². The molecule has 0 aliphatic heterocycles. The zero-order chi connectivity index (χ0) is 13.4. The first-order chi connectivity index (χ1) is 8.63. The summed E-state index contributed by atoms with van der Waals surface area (Å²) in [6.07, 6.45) is 3.38. The molecule has 1 rings (SSSR count).